The summed E-state index contributed by atoms with van der Waals surface area (Å²) in [6.45, 7) is 2.07. The molecule has 20 heavy (non-hydrogen) atoms. The summed E-state index contributed by atoms with van der Waals surface area (Å²) in [6, 6.07) is 8.27. The maximum Gasteiger partial charge on any atom is 0.237 e. The summed E-state index contributed by atoms with van der Waals surface area (Å²) in [6.07, 6.45) is 0.915. The van der Waals surface area contributed by atoms with Crippen molar-refractivity contribution in [1.82, 2.24) is 10.2 Å². The number of nitrogen functional groups attached to an aromatic ring is 1. The number of thioether (sulfide) groups is 1. The molecule has 1 unspecified atom stereocenters. The average molecular weight is 306 g/mol. The fourth-order valence-corrected chi connectivity index (χ4v) is 3.91. The monoisotopic (exact) mass is 306 g/mol. The fraction of sp³-hybridized carbons (Fsp3) is 0.308. The van der Waals surface area contributed by atoms with Gasteiger partial charge < -0.3 is 10.6 Å². The zero-order valence-corrected chi connectivity index (χ0v) is 12.6. The first-order chi connectivity index (χ1) is 9.65. The normalized spacial score (nSPS) is 17.2. The second-order valence-electron chi connectivity index (χ2n) is 4.64. The second kappa shape index (κ2) is 5.41. The van der Waals surface area contributed by atoms with Gasteiger partial charge in [-0.1, -0.05) is 41.3 Å². The number of hydrogen-bond donors (Lipinski definition) is 1. The summed E-state index contributed by atoms with van der Waals surface area (Å²) < 4.78 is 0.732. The van der Waals surface area contributed by atoms with E-state index in [1.807, 2.05) is 23.1 Å². The largest absolute Gasteiger partial charge is 0.374 e. The van der Waals surface area contributed by atoms with Crippen molar-refractivity contribution in [3.63, 3.8) is 0 Å². The van der Waals surface area contributed by atoms with Crippen LogP contribution in [-0.4, -0.2) is 27.9 Å². The van der Waals surface area contributed by atoms with Crippen LogP contribution in [0.15, 0.2) is 28.6 Å². The van der Waals surface area contributed by atoms with Gasteiger partial charge in [-0.2, -0.15) is 0 Å². The molecule has 104 valence electrons. The quantitative estimate of drug-likeness (QED) is 0.880. The Hall–Kier alpha value is -1.60. The molecule has 1 aliphatic heterocycles. The number of rotatable bonds is 3. The van der Waals surface area contributed by atoms with E-state index < -0.39 is 0 Å². The molecule has 0 aliphatic carbocycles. The number of carbonyl (C=O) groups is 1. The Morgan fingerprint density at radius 2 is 2.30 bits per heavy atom. The van der Waals surface area contributed by atoms with Crippen molar-refractivity contribution in [2.75, 3.05) is 16.4 Å². The predicted octanol–water partition coefficient (Wildman–Crippen LogP) is 2.19. The Labute approximate surface area is 125 Å². The third-order valence-electron chi connectivity index (χ3n) is 3.22. The minimum atomic E-state index is 0.0984. The molecule has 1 atom stereocenters. The minimum absolute atomic E-state index is 0.0984. The van der Waals surface area contributed by atoms with E-state index in [-0.39, 0.29) is 11.9 Å². The number of benzene rings is 1. The third kappa shape index (κ3) is 2.51. The number of amides is 1. The van der Waals surface area contributed by atoms with Gasteiger partial charge in [0.1, 0.15) is 0 Å². The molecule has 2 N–H and O–H groups in total. The summed E-state index contributed by atoms with van der Waals surface area (Å²) in [5.41, 5.74) is 7.79. The van der Waals surface area contributed by atoms with E-state index in [9.17, 15) is 4.79 Å². The molecule has 1 aromatic heterocycles. The van der Waals surface area contributed by atoms with Crippen molar-refractivity contribution < 1.29 is 4.79 Å². The molecule has 0 spiro atoms. The molecular formula is C13H14N4OS2. The van der Waals surface area contributed by atoms with Crippen LogP contribution >= 0.6 is 23.1 Å². The highest BCUT2D eigenvalue weighted by molar-refractivity contribution is 8.01. The van der Waals surface area contributed by atoms with E-state index in [2.05, 4.69) is 23.2 Å². The van der Waals surface area contributed by atoms with Crippen LogP contribution in [0.3, 0.4) is 0 Å². The van der Waals surface area contributed by atoms with Gasteiger partial charge in [-0.25, -0.2) is 0 Å². The number of hydrogen-bond acceptors (Lipinski definition) is 6. The standard InChI is InChI=1S/C13H14N4OS2/c1-8-6-9-4-2-3-5-10(9)17(8)11(18)7-19-13-16-15-12(14)20-13/h2-5,8H,6-7H2,1H3,(H2,14,15). The van der Waals surface area contributed by atoms with Crippen molar-refractivity contribution in [1.29, 1.82) is 0 Å². The smallest absolute Gasteiger partial charge is 0.237 e. The Kier molecular flexibility index (Phi) is 3.62. The molecule has 2 aromatic rings. The highest BCUT2D eigenvalue weighted by Gasteiger charge is 2.30. The Morgan fingerprint density at radius 1 is 1.50 bits per heavy atom. The molecule has 0 saturated carbocycles. The maximum absolute atomic E-state index is 12.4. The fourth-order valence-electron chi connectivity index (χ4n) is 2.42. The van der Waals surface area contributed by atoms with Crippen LogP contribution in [0.5, 0.6) is 0 Å². The molecule has 0 radical (unpaired) electrons. The lowest BCUT2D eigenvalue weighted by molar-refractivity contribution is -0.116. The Bertz CT molecular complexity index is 643. The molecule has 1 aromatic carbocycles. The number of nitrogens with two attached hydrogens (primary N) is 1. The van der Waals surface area contributed by atoms with Crippen LogP contribution in [0.2, 0.25) is 0 Å². The van der Waals surface area contributed by atoms with Crippen LogP contribution in [0.4, 0.5) is 10.8 Å². The van der Waals surface area contributed by atoms with Gasteiger partial charge in [0.05, 0.1) is 5.75 Å². The predicted molar refractivity (Wildman–Crippen MR) is 82.1 cm³/mol. The molecule has 1 amide bonds. The van der Waals surface area contributed by atoms with Crippen molar-refractivity contribution in [3.8, 4) is 0 Å². The van der Waals surface area contributed by atoms with Crippen LogP contribution in [-0.2, 0) is 11.2 Å². The van der Waals surface area contributed by atoms with E-state index in [1.165, 1.54) is 28.7 Å². The minimum Gasteiger partial charge on any atom is -0.374 e. The first kappa shape index (κ1) is 13.4. The molecule has 3 rings (SSSR count). The van der Waals surface area contributed by atoms with Gasteiger partial charge in [-0.05, 0) is 25.0 Å². The Balaban J connectivity index is 1.71. The van der Waals surface area contributed by atoms with Gasteiger partial charge >= 0.3 is 0 Å². The van der Waals surface area contributed by atoms with Crippen molar-refractivity contribution in [2.24, 2.45) is 0 Å². The molecule has 7 heteroatoms. The van der Waals surface area contributed by atoms with Crippen LogP contribution in [0.1, 0.15) is 12.5 Å². The van der Waals surface area contributed by atoms with Crippen molar-refractivity contribution >= 4 is 39.8 Å². The van der Waals surface area contributed by atoms with Gasteiger partial charge in [-0.3, -0.25) is 4.79 Å². The number of fused-ring (bicyclic) bond motifs is 1. The first-order valence-electron chi connectivity index (χ1n) is 6.27. The molecule has 0 saturated heterocycles. The van der Waals surface area contributed by atoms with Crippen molar-refractivity contribution in [3.05, 3.63) is 29.8 Å². The lowest BCUT2D eigenvalue weighted by Crippen LogP contribution is -2.36. The summed E-state index contributed by atoms with van der Waals surface area (Å²) in [4.78, 5) is 14.3. The van der Waals surface area contributed by atoms with E-state index in [1.54, 1.807) is 0 Å². The molecule has 1 aliphatic rings. The maximum atomic E-state index is 12.4. The van der Waals surface area contributed by atoms with E-state index in [0.29, 0.717) is 10.9 Å². The van der Waals surface area contributed by atoms with Crippen LogP contribution < -0.4 is 10.6 Å². The SMILES string of the molecule is CC1Cc2ccccc2N1C(=O)CSc1nnc(N)s1. The number of nitrogens with zero attached hydrogens (tertiary/aromatic N) is 3. The van der Waals surface area contributed by atoms with Gasteiger partial charge in [0.25, 0.3) is 0 Å². The van der Waals surface area contributed by atoms with Crippen LogP contribution in [0.25, 0.3) is 0 Å². The van der Waals surface area contributed by atoms with Crippen LogP contribution in [0, 0.1) is 0 Å². The number of aromatic nitrogens is 2. The number of carbonyl (C=O) groups excluding carboxylic acids is 1. The topological polar surface area (TPSA) is 72.1 Å². The lowest BCUT2D eigenvalue weighted by atomic mass is 10.1. The van der Waals surface area contributed by atoms with E-state index in [0.717, 1.165) is 16.4 Å². The first-order valence-corrected chi connectivity index (χ1v) is 8.07. The third-order valence-corrected chi connectivity index (χ3v) is 5.09. The summed E-state index contributed by atoms with van der Waals surface area (Å²) in [5, 5.41) is 8.09. The molecular weight excluding hydrogens is 292 g/mol. The number of para-hydroxylation sites is 1. The lowest BCUT2D eigenvalue weighted by Gasteiger charge is -2.22. The van der Waals surface area contributed by atoms with E-state index in [4.69, 9.17) is 5.73 Å². The van der Waals surface area contributed by atoms with Gasteiger partial charge in [0.15, 0.2) is 4.34 Å². The molecule has 5 nitrogen and oxygen atoms in total. The summed E-state index contributed by atoms with van der Waals surface area (Å²) in [7, 11) is 0. The highest BCUT2D eigenvalue weighted by atomic mass is 32.2. The van der Waals surface area contributed by atoms with Gasteiger partial charge in [-0.15, -0.1) is 10.2 Å². The van der Waals surface area contributed by atoms with Crippen molar-refractivity contribution in [2.45, 2.75) is 23.7 Å². The Morgan fingerprint density at radius 3 is 3.05 bits per heavy atom. The second-order valence-corrected chi connectivity index (χ2v) is 6.87. The number of anilines is 2. The molecule has 2 heterocycles. The van der Waals surface area contributed by atoms with Gasteiger partial charge in [0, 0.05) is 11.7 Å². The zero-order chi connectivity index (χ0) is 14.1. The average Bonchev–Trinajstić information content (AvgIpc) is 2.98. The molecule has 0 fully saturated rings. The summed E-state index contributed by atoms with van der Waals surface area (Å²) >= 11 is 2.69. The van der Waals surface area contributed by atoms with E-state index >= 15 is 0 Å². The highest BCUT2D eigenvalue weighted by Crippen LogP contribution is 2.33. The zero-order valence-electron chi connectivity index (χ0n) is 10.9. The summed E-state index contributed by atoms with van der Waals surface area (Å²) in [5.74, 6) is 0.453. The molecule has 0 bridgehead atoms. The van der Waals surface area contributed by atoms with Gasteiger partial charge in [0.2, 0.25) is 11.0 Å².